The van der Waals surface area contributed by atoms with Crippen LogP contribution >= 0.6 is 0 Å². The Labute approximate surface area is 81.9 Å². The summed E-state index contributed by atoms with van der Waals surface area (Å²) < 4.78 is 4.74. The Morgan fingerprint density at radius 3 is 2.86 bits per heavy atom. The summed E-state index contributed by atoms with van der Waals surface area (Å²) in [4.78, 5) is 15.3. The molecule has 0 aliphatic heterocycles. The lowest BCUT2D eigenvalue weighted by molar-refractivity contribution is -0.119. The molecule has 0 aliphatic carbocycles. The van der Waals surface area contributed by atoms with Crippen LogP contribution in [0.3, 0.4) is 0 Å². The number of hydrogen-bond donors (Lipinski definition) is 2. The van der Waals surface area contributed by atoms with Crippen molar-refractivity contribution in [2.24, 2.45) is 11.7 Å². The molecule has 1 aromatic rings. The fraction of sp³-hybridized carbons (Fsp3) is 0.625. The molecule has 0 saturated heterocycles. The predicted molar refractivity (Wildman–Crippen MR) is 50.5 cm³/mol. The molecule has 0 aromatic carbocycles. The zero-order chi connectivity index (χ0) is 10.6. The molecule has 1 aromatic heterocycles. The van der Waals surface area contributed by atoms with Gasteiger partial charge >= 0.3 is 6.01 Å². The van der Waals surface area contributed by atoms with Crippen LogP contribution in [0.2, 0.25) is 0 Å². The van der Waals surface area contributed by atoms with Crippen LogP contribution in [0.25, 0.3) is 0 Å². The van der Waals surface area contributed by atoms with Gasteiger partial charge in [0, 0.05) is 6.54 Å². The van der Waals surface area contributed by atoms with Gasteiger partial charge in [-0.1, -0.05) is 12.1 Å². The number of hydrogen-bond acceptors (Lipinski definition) is 5. The van der Waals surface area contributed by atoms with E-state index in [0.717, 1.165) is 0 Å². The minimum atomic E-state index is -0.206. The van der Waals surface area contributed by atoms with E-state index < -0.39 is 0 Å². The quantitative estimate of drug-likeness (QED) is 0.725. The standard InChI is InChI=1S/C8H14N4O2/c1-3-6(4-9)7(13)11-8-10-5(2)12-14-8/h6H,3-4,9H2,1-2H3,(H,10,11,12,13). The number of nitrogens with zero attached hydrogens (tertiary/aromatic N) is 2. The van der Waals surface area contributed by atoms with Crippen LogP contribution in [-0.4, -0.2) is 22.6 Å². The number of carbonyl (C=O) groups is 1. The molecule has 78 valence electrons. The summed E-state index contributed by atoms with van der Waals surface area (Å²) >= 11 is 0. The van der Waals surface area contributed by atoms with Crippen molar-refractivity contribution in [1.82, 2.24) is 10.1 Å². The van der Waals surface area contributed by atoms with Gasteiger partial charge < -0.3 is 10.3 Å². The average molecular weight is 198 g/mol. The lowest BCUT2D eigenvalue weighted by Crippen LogP contribution is -2.28. The second-order valence-electron chi connectivity index (χ2n) is 2.98. The van der Waals surface area contributed by atoms with E-state index in [2.05, 4.69) is 15.5 Å². The van der Waals surface area contributed by atoms with E-state index in [-0.39, 0.29) is 17.8 Å². The van der Waals surface area contributed by atoms with Gasteiger partial charge in [0.1, 0.15) is 0 Å². The van der Waals surface area contributed by atoms with Gasteiger partial charge in [-0.2, -0.15) is 4.98 Å². The summed E-state index contributed by atoms with van der Waals surface area (Å²) in [7, 11) is 0. The summed E-state index contributed by atoms with van der Waals surface area (Å²) in [6.07, 6.45) is 0.690. The van der Waals surface area contributed by atoms with Crippen molar-refractivity contribution in [3.8, 4) is 0 Å². The first kappa shape index (κ1) is 10.6. The van der Waals surface area contributed by atoms with Crippen molar-refractivity contribution < 1.29 is 9.32 Å². The normalized spacial score (nSPS) is 12.5. The van der Waals surface area contributed by atoms with Crippen molar-refractivity contribution >= 4 is 11.9 Å². The molecular weight excluding hydrogens is 184 g/mol. The number of amides is 1. The zero-order valence-electron chi connectivity index (χ0n) is 8.28. The lowest BCUT2D eigenvalue weighted by Gasteiger charge is -2.09. The number of nitrogens with two attached hydrogens (primary N) is 1. The first-order chi connectivity index (χ1) is 6.67. The number of aryl methyl sites for hydroxylation is 1. The largest absolute Gasteiger partial charge is 0.330 e. The molecule has 0 bridgehead atoms. The molecule has 1 heterocycles. The molecular formula is C8H14N4O2. The molecule has 3 N–H and O–H groups in total. The van der Waals surface area contributed by atoms with Crippen LogP contribution in [0.5, 0.6) is 0 Å². The minimum Gasteiger partial charge on any atom is -0.330 e. The first-order valence-electron chi connectivity index (χ1n) is 4.48. The Balaban J connectivity index is 2.56. The smallest absolute Gasteiger partial charge is 0.328 e. The number of rotatable bonds is 4. The summed E-state index contributed by atoms with van der Waals surface area (Å²) in [6.45, 7) is 3.89. The van der Waals surface area contributed by atoms with Gasteiger partial charge in [0.25, 0.3) is 0 Å². The molecule has 0 aliphatic rings. The Morgan fingerprint density at radius 1 is 1.71 bits per heavy atom. The molecule has 0 radical (unpaired) electrons. The molecule has 1 atom stereocenters. The van der Waals surface area contributed by atoms with Crippen molar-refractivity contribution in [3.63, 3.8) is 0 Å². The number of carbonyl (C=O) groups excluding carboxylic acids is 1. The second-order valence-corrected chi connectivity index (χ2v) is 2.98. The number of nitrogens with one attached hydrogen (secondary N) is 1. The second kappa shape index (κ2) is 4.71. The van der Waals surface area contributed by atoms with E-state index in [0.29, 0.717) is 18.8 Å². The van der Waals surface area contributed by atoms with E-state index in [4.69, 9.17) is 10.3 Å². The highest BCUT2D eigenvalue weighted by molar-refractivity contribution is 5.90. The van der Waals surface area contributed by atoms with Gasteiger partial charge in [0.15, 0.2) is 5.82 Å². The maximum absolute atomic E-state index is 11.5. The number of anilines is 1. The highest BCUT2D eigenvalue weighted by Gasteiger charge is 2.16. The first-order valence-corrected chi connectivity index (χ1v) is 4.48. The fourth-order valence-corrected chi connectivity index (χ4v) is 1.01. The van der Waals surface area contributed by atoms with Crippen LogP contribution in [0, 0.1) is 12.8 Å². The molecule has 6 nitrogen and oxygen atoms in total. The summed E-state index contributed by atoms with van der Waals surface area (Å²) in [5.41, 5.74) is 5.42. The third-order valence-corrected chi connectivity index (χ3v) is 1.91. The third-order valence-electron chi connectivity index (χ3n) is 1.91. The minimum absolute atomic E-state index is 0.124. The topological polar surface area (TPSA) is 94.0 Å². The highest BCUT2D eigenvalue weighted by atomic mass is 16.5. The van der Waals surface area contributed by atoms with Gasteiger partial charge in [-0.3, -0.25) is 10.1 Å². The monoisotopic (exact) mass is 198 g/mol. The summed E-state index contributed by atoms with van der Waals surface area (Å²) in [6, 6.07) is 0.124. The van der Waals surface area contributed by atoms with Crippen molar-refractivity contribution in [1.29, 1.82) is 0 Å². The van der Waals surface area contributed by atoms with Crippen LogP contribution < -0.4 is 11.1 Å². The number of aromatic nitrogens is 2. The Hall–Kier alpha value is -1.43. The average Bonchev–Trinajstić information content (AvgIpc) is 2.53. The van der Waals surface area contributed by atoms with Gasteiger partial charge in [-0.25, -0.2) is 0 Å². The van der Waals surface area contributed by atoms with E-state index >= 15 is 0 Å². The van der Waals surface area contributed by atoms with E-state index in [1.807, 2.05) is 6.92 Å². The van der Waals surface area contributed by atoms with E-state index in [1.165, 1.54) is 0 Å². The van der Waals surface area contributed by atoms with Crippen molar-refractivity contribution in [2.75, 3.05) is 11.9 Å². The van der Waals surface area contributed by atoms with Crippen LogP contribution in [0.1, 0.15) is 19.2 Å². The molecule has 1 rings (SSSR count). The predicted octanol–water partition coefficient (Wildman–Crippen LogP) is 0.301. The molecule has 1 unspecified atom stereocenters. The summed E-state index contributed by atoms with van der Waals surface area (Å²) in [5.74, 6) is 0.0990. The van der Waals surface area contributed by atoms with Crippen LogP contribution in [-0.2, 0) is 4.79 Å². The molecule has 0 fully saturated rings. The molecule has 1 amide bonds. The fourth-order valence-electron chi connectivity index (χ4n) is 1.01. The zero-order valence-corrected chi connectivity index (χ0v) is 8.28. The maximum atomic E-state index is 11.5. The van der Waals surface area contributed by atoms with Crippen molar-refractivity contribution in [3.05, 3.63) is 5.82 Å². The molecule has 0 spiro atoms. The van der Waals surface area contributed by atoms with E-state index in [1.54, 1.807) is 6.92 Å². The summed E-state index contributed by atoms with van der Waals surface area (Å²) in [5, 5.41) is 6.05. The van der Waals surface area contributed by atoms with Gasteiger partial charge in [-0.05, 0) is 13.3 Å². The van der Waals surface area contributed by atoms with Gasteiger partial charge in [0.05, 0.1) is 5.92 Å². The van der Waals surface area contributed by atoms with Gasteiger partial charge in [0.2, 0.25) is 5.91 Å². The molecule has 0 saturated carbocycles. The van der Waals surface area contributed by atoms with Crippen LogP contribution in [0.15, 0.2) is 4.52 Å². The third kappa shape index (κ3) is 2.53. The van der Waals surface area contributed by atoms with Crippen LogP contribution in [0.4, 0.5) is 6.01 Å². The SMILES string of the molecule is CCC(CN)C(=O)Nc1nc(C)no1. The van der Waals surface area contributed by atoms with Gasteiger partial charge in [-0.15, -0.1) is 0 Å². The molecule has 6 heteroatoms. The maximum Gasteiger partial charge on any atom is 0.328 e. The Morgan fingerprint density at radius 2 is 2.43 bits per heavy atom. The Kier molecular flexibility index (Phi) is 3.58. The lowest BCUT2D eigenvalue weighted by atomic mass is 10.1. The van der Waals surface area contributed by atoms with E-state index in [9.17, 15) is 4.79 Å². The van der Waals surface area contributed by atoms with Crippen molar-refractivity contribution in [2.45, 2.75) is 20.3 Å². The Bertz CT molecular complexity index is 306. The highest BCUT2D eigenvalue weighted by Crippen LogP contribution is 2.07. The molecule has 14 heavy (non-hydrogen) atoms.